The van der Waals surface area contributed by atoms with Crippen LogP contribution in [-0.4, -0.2) is 33.9 Å². The van der Waals surface area contributed by atoms with Gasteiger partial charge in [0.2, 0.25) is 0 Å². The van der Waals surface area contributed by atoms with Gasteiger partial charge >= 0.3 is 0 Å². The molecule has 1 aliphatic heterocycles. The molecule has 0 amide bonds. The number of benzene rings is 1. The lowest BCUT2D eigenvalue weighted by molar-refractivity contribution is 0.473. The molecule has 5 rings (SSSR count). The predicted molar refractivity (Wildman–Crippen MR) is 123 cm³/mol. The Labute approximate surface area is 188 Å². The molecular weight excluding hydrogens is 446 g/mol. The van der Waals surface area contributed by atoms with Crippen LogP contribution in [0.25, 0.3) is 22.1 Å². The number of aromatic hydroxyl groups is 1. The molecule has 4 aromatic rings. The topological polar surface area (TPSA) is 140 Å². The highest BCUT2D eigenvalue weighted by atomic mass is 32.2. The van der Waals surface area contributed by atoms with Crippen LogP contribution in [0.1, 0.15) is 31.7 Å². The van der Waals surface area contributed by atoms with Gasteiger partial charge in [-0.15, -0.1) is 4.40 Å². The lowest BCUT2D eigenvalue weighted by Gasteiger charge is -2.20. The van der Waals surface area contributed by atoms with Crippen molar-refractivity contribution < 1.29 is 17.9 Å². The molecule has 0 atom stereocenters. The van der Waals surface area contributed by atoms with Crippen LogP contribution in [0.15, 0.2) is 49.0 Å². The number of aromatic nitrogens is 3. The van der Waals surface area contributed by atoms with E-state index in [1.165, 1.54) is 16.8 Å². The molecule has 0 unspecified atom stereocenters. The highest BCUT2D eigenvalue weighted by Gasteiger charge is 2.33. The molecule has 0 saturated heterocycles. The summed E-state index contributed by atoms with van der Waals surface area (Å²) in [5, 5.41) is 14.2. The molecule has 0 radical (unpaired) electrons. The van der Waals surface area contributed by atoms with Gasteiger partial charge in [-0.2, -0.15) is 8.42 Å². The molecule has 0 saturated carbocycles. The number of sulfonamides is 1. The van der Waals surface area contributed by atoms with Crippen molar-refractivity contribution in [2.24, 2.45) is 10.3 Å². The van der Waals surface area contributed by atoms with Crippen LogP contribution >= 0.6 is 0 Å². The molecule has 2 N–H and O–H groups in total. The molecule has 0 fully saturated rings. The Morgan fingerprint density at radius 3 is 2.79 bits per heavy atom. The monoisotopic (exact) mass is 467 g/mol. The van der Waals surface area contributed by atoms with Gasteiger partial charge in [0.05, 0.1) is 11.1 Å². The van der Waals surface area contributed by atoms with Crippen LogP contribution in [-0.2, 0) is 16.6 Å². The molecule has 170 valence electrons. The van der Waals surface area contributed by atoms with Crippen molar-refractivity contribution in [2.45, 2.75) is 38.6 Å². The highest BCUT2D eigenvalue weighted by molar-refractivity contribution is 7.90. The second-order valence-electron chi connectivity index (χ2n) is 8.30. The Balaban J connectivity index is 1.75. The van der Waals surface area contributed by atoms with Gasteiger partial charge in [-0.3, -0.25) is 9.36 Å². The molecule has 1 aromatic carbocycles. The number of nitrogens with zero attached hydrogens (tertiary/aromatic N) is 4. The standard InChI is InChI=1S/C22H21N5O5S/c1-11(2)8-10-27-21-13(5-4-9-23-21)18(28)16(22(27)29)20-25-14-6-7-15-17(24-12(3)32-15)19(14)33(30,31)26-20/h4-7,9,11,28H,8,10H2,1-3H3,(H,25,26). The van der Waals surface area contributed by atoms with E-state index in [-0.39, 0.29) is 33.2 Å². The maximum Gasteiger partial charge on any atom is 0.288 e. The summed E-state index contributed by atoms with van der Waals surface area (Å²) in [5.41, 5.74) is 0.170. The second kappa shape index (κ2) is 7.41. The fraction of sp³-hybridized carbons (Fsp3) is 0.273. The van der Waals surface area contributed by atoms with E-state index in [0.717, 1.165) is 0 Å². The summed E-state index contributed by atoms with van der Waals surface area (Å²) in [6.07, 6.45) is 2.23. The maximum absolute atomic E-state index is 13.5. The normalized spacial score (nSPS) is 15.0. The van der Waals surface area contributed by atoms with Gasteiger partial charge in [0.1, 0.15) is 27.4 Å². The van der Waals surface area contributed by atoms with Crippen LogP contribution in [0.5, 0.6) is 5.75 Å². The summed E-state index contributed by atoms with van der Waals surface area (Å²) in [7, 11) is -4.25. The largest absolute Gasteiger partial charge is 0.506 e. The van der Waals surface area contributed by atoms with E-state index in [0.29, 0.717) is 41.4 Å². The Bertz CT molecular complexity index is 1630. The van der Waals surface area contributed by atoms with E-state index in [2.05, 4.69) is 19.7 Å². The minimum absolute atomic E-state index is 0.136. The summed E-state index contributed by atoms with van der Waals surface area (Å²) < 4.78 is 37.0. The average molecular weight is 468 g/mol. The zero-order valence-corrected chi connectivity index (χ0v) is 19.0. The summed E-state index contributed by atoms with van der Waals surface area (Å²) in [6, 6.07) is 6.37. The van der Waals surface area contributed by atoms with Gasteiger partial charge in [-0.25, -0.2) is 9.97 Å². The van der Waals surface area contributed by atoms with Crippen molar-refractivity contribution in [1.82, 2.24) is 14.5 Å². The first kappa shape index (κ1) is 21.1. The SMILES string of the molecule is Cc1nc2c3c(ccc2o1)NC(c1c(O)c2cccnc2n(CCC(C)C)c1=O)=NS3(=O)=O. The van der Waals surface area contributed by atoms with Gasteiger partial charge in [0.15, 0.2) is 17.3 Å². The number of hydrogen-bond donors (Lipinski definition) is 2. The van der Waals surface area contributed by atoms with Crippen LogP contribution in [0.3, 0.4) is 0 Å². The first-order valence-corrected chi connectivity index (χ1v) is 11.8. The molecule has 11 heteroatoms. The lowest BCUT2D eigenvalue weighted by atomic mass is 10.1. The molecule has 33 heavy (non-hydrogen) atoms. The van der Waals surface area contributed by atoms with Crippen molar-refractivity contribution >= 4 is 43.7 Å². The van der Waals surface area contributed by atoms with Gasteiger partial charge in [0.25, 0.3) is 15.6 Å². The summed E-state index contributed by atoms with van der Waals surface area (Å²) in [6.45, 7) is 6.03. The average Bonchev–Trinajstić information content (AvgIpc) is 3.12. The first-order valence-electron chi connectivity index (χ1n) is 10.4. The van der Waals surface area contributed by atoms with Crippen molar-refractivity contribution in [2.75, 3.05) is 5.32 Å². The van der Waals surface area contributed by atoms with Crippen molar-refractivity contribution in [3.63, 3.8) is 0 Å². The Morgan fingerprint density at radius 1 is 1.24 bits per heavy atom. The van der Waals surface area contributed by atoms with Gasteiger partial charge < -0.3 is 14.8 Å². The van der Waals surface area contributed by atoms with E-state index < -0.39 is 15.6 Å². The summed E-state index contributed by atoms with van der Waals surface area (Å²) in [5.74, 6) is -0.00416. The zero-order valence-electron chi connectivity index (χ0n) is 18.2. The maximum atomic E-state index is 13.5. The number of hydrogen-bond acceptors (Lipinski definition) is 8. The van der Waals surface area contributed by atoms with Crippen LogP contribution < -0.4 is 10.9 Å². The second-order valence-corrected chi connectivity index (χ2v) is 9.84. The number of fused-ring (bicyclic) bond motifs is 4. The Kier molecular flexibility index (Phi) is 4.74. The predicted octanol–water partition coefficient (Wildman–Crippen LogP) is 3.16. The van der Waals surface area contributed by atoms with E-state index >= 15 is 0 Å². The van der Waals surface area contributed by atoms with Crippen LogP contribution in [0.2, 0.25) is 0 Å². The van der Waals surface area contributed by atoms with Crippen molar-refractivity contribution in [3.8, 4) is 5.75 Å². The molecule has 1 aliphatic rings. The first-order chi connectivity index (χ1) is 15.7. The van der Waals surface area contributed by atoms with Crippen LogP contribution in [0.4, 0.5) is 5.69 Å². The highest BCUT2D eigenvalue weighted by Crippen LogP contribution is 2.36. The third-order valence-corrected chi connectivity index (χ3v) is 6.86. The number of pyridine rings is 2. The van der Waals surface area contributed by atoms with E-state index in [9.17, 15) is 18.3 Å². The fourth-order valence-electron chi connectivity index (χ4n) is 3.94. The quantitative estimate of drug-likeness (QED) is 0.466. The summed E-state index contributed by atoms with van der Waals surface area (Å²) in [4.78, 5) is 21.8. The lowest BCUT2D eigenvalue weighted by Crippen LogP contribution is -2.33. The van der Waals surface area contributed by atoms with Gasteiger partial charge in [-0.1, -0.05) is 13.8 Å². The van der Waals surface area contributed by atoms with Crippen LogP contribution in [0, 0.1) is 12.8 Å². The molecule has 3 aromatic heterocycles. The molecule has 10 nitrogen and oxygen atoms in total. The Morgan fingerprint density at radius 2 is 2.03 bits per heavy atom. The number of amidine groups is 1. The smallest absolute Gasteiger partial charge is 0.288 e. The minimum Gasteiger partial charge on any atom is -0.506 e. The van der Waals surface area contributed by atoms with E-state index in [4.69, 9.17) is 4.42 Å². The number of nitrogens with one attached hydrogen (secondary N) is 1. The third-order valence-electron chi connectivity index (χ3n) is 5.50. The number of oxazole rings is 1. The van der Waals surface area contributed by atoms with Crippen molar-refractivity contribution in [3.05, 3.63) is 52.3 Å². The summed E-state index contributed by atoms with van der Waals surface area (Å²) >= 11 is 0. The van der Waals surface area contributed by atoms with Gasteiger partial charge in [-0.05, 0) is 36.6 Å². The molecular formula is C22H21N5O5S. The third kappa shape index (κ3) is 3.35. The molecule has 0 spiro atoms. The fourth-order valence-corrected chi connectivity index (χ4v) is 5.19. The number of aryl methyl sites for hydroxylation is 2. The van der Waals surface area contributed by atoms with E-state index in [1.54, 1.807) is 25.1 Å². The van der Waals surface area contributed by atoms with Gasteiger partial charge in [0, 0.05) is 19.7 Å². The Hall–Kier alpha value is -3.73. The number of rotatable bonds is 4. The van der Waals surface area contributed by atoms with Crippen molar-refractivity contribution in [1.29, 1.82) is 0 Å². The van der Waals surface area contributed by atoms with E-state index in [1.807, 2.05) is 13.8 Å². The molecule has 0 bridgehead atoms. The molecule has 0 aliphatic carbocycles. The zero-order chi connectivity index (χ0) is 23.5. The molecule has 4 heterocycles. The minimum atomic E-state index is -4.25. The number of anilines is 1.